The zero-order chi connectivity index (χ0) is 21.2. The first-order valence-corrected chi connectivity index (χ1v) is 11.2. The molecule has 1 aliphatic heterocycles. The average Bonchev–Trinajstić information content (AvgIpc) is 2.64. The van der Waals surface area contributed by atoms with Crippen LogP contribution in [0, 0.1) is 0 Å². The van der Waals surface area contributed by atoms with Crippen LogP contribution in [-0.4, -0.2) is 32.7 Å². The van der Waals surface area contributed by atoms with E-state index < -0.39 is 15.6 Å². The summed E-state index contributed by atoms with van der Waals surface area (Å²) in [7, 11) is -3.43. The van der Waals surface area contributed by atoms with Crippen LogP contribution in [-0.2, 0) is 10.0 Å². The number of amides is 1. The van der Waals surface area contributed by atoms with Crippen molar-refractivity contribution in [1.82, 2.24) is 5.32 Å². The first kappa shape index (κ1) is 20.9. The number of anilines is 1. The highest BCUT2D eigenvalue weighted by Gasteiger charge is 2.34. The Labute approximate surface area is 172 Å². The fraction of sp³-hybridized carbons (Fsp3) is 0.318. The van der Waals surface area contributed by atoms with Crippen molar-refractivity contribution in [2.24, 2.45) is 0 Å². The number of nitrogens with zero attached hydrogens (tertiary/aromatic N) is 1. The topological polar surface area (TPSA) is 75.7 Å². The molecule has 2 aromatic carbocycles. The Morgan fingerprint density at radius 3 is 2.52 bits per heavy atom. The highest BCUT2D eigenvalue weighted by atomic mass is 32.2. The van der Waals surface area contributed by atoms with E-state index in [2.05, 4.69) is 11.9 Å². The van der Waals surface area contributed by atoms with Crippen LogP contribution in [0.15, 0.2) is 61.2 Å². The minimum Gasteiger partial charge on any atom is -0.487 e. The number of fused-ring (bicyclic) bond motifs is 1. The lowest BCUT2D eigenvalue weighted by Crippen LogP contribution is -2.41. The molecule has 1 heterocycles. The molecule has 0 aromatic heterocycles. The lowest BCUT2D eigenvalue weighted by molar-refractivity contribution is 0.0619. The molecular weight excluding hydrogens is 388 g/mol. The molecule has 1 aliphatic rings. The predicted molar refractivity (Wildman–Crippen MR) is 115 cm³/mol. The van der Waals surface area contributed by atoms with E-state index in [1.54, 1.807) is 24.3 Å². The summed E-state index contributed by atoms with van der Waals surface area (Å²) < 4.78 is 31.2. The summed E-state index contributed by atoms with van der Waals surface area (Å²) in [4.78, 5) is 12.8. The van der Waals surface area contributed by atoms with E-state index in [-0.39, 0.29) is 18.5 Å². The number of hydrogen-bond donors (Lipinski definition) is 1. The van der Waals surface area contributed by atoms with E-state index in [0.29, 0.717) is 17.7 Å². The van der Waals surface area contributed by atoms with E-state index in [1.165, 1.54) is 10.4 Å². The van der Waals surface area contributed by atoms with Gasteiger partial charge in [0.2, 0.25) is 10.0 Å². The van der Waals surface area contributed by atoms with Crippen LogP contribution in [0.2, 0.25) is 0 Å². The van der Waals surface area contributed by atoms with Gasteiger partial charge in [-0.05, 0) is 44.2 Å². The van der Waals surface area contributed by atoms with Gasteiger partial charge in [0.05, 0.1) is 24.5 Å². The van der Waals surface area contributed by atoms with Gasteiger partial charge in [0.15, 0.2) is 0 Å². The standard InChI is InChI=1S/C22H26N2O4S/c1-5-14-24(29(4,26)27)17-12-10-16(11-13-17)21(25)23-19-15-22(2,3)28-20-9-7-6-8-18(19)20/h5-13,19H,1,14-15H2,2-4H3,(H,23,25)/t19-/m1/s1. The molecule has 0 fully saturated rings. The zero-order valence-electron chi connectivity index (χ0n) is 16.9. The first-order valence-electron chi connectivity index (χ1n) is 9.38. The molecule has 0 spiro atoms. The molecule has 3 rings (SSSR count). The maximum absolute atomic E-state index is 12.8. The third kappa shape index (κ3) is 4.79. The number of carbonyl (C=O) groups excluding carboxylic acids is 1. The molecule has 0 unspecified atom stereocenters. The van der Waals surface area contributed by atoms with Gasteiger partial charge in [-0.1, -0.05) is 24.3 Å². The Kier molecular flexibility index (Phi) is 5.71. The minimum atomic E-state index is -3.43. The van der Waals surface area contributed by atoms with Crippen molar-refractivity contribution in [3.8, 4) is 5.75 Å². The van der Waals surface area contributed by atoms with Crippen LogP contribution < -0.4 is 14.4 Å². The fourth-order valence-corrected chi connectivity index (χ4v) is 4.38. The molecule has 0 saturated carbocycles. The third-order valence-electron chi connectivity index (χ3n) is 4.79. The monoisotopic (exact) mass is 414 g/mol. The van der Waals surface area contributed by atoms with Gasteiger partial charge in [-0.2, -0.15) is 0 Å². The van der Waals surface area contributed by atoms with Crippen LogP contribution in [0.5, 0.6) is 5.75 Å². The Morgan fingerprint density at radius 1 is 1.24 bits per heavy atom. The number of nitrogens with one attached hydrogen (secondary N) is 1. The molecule has 0 bridgehead atoms. The third-order valence-corrected chi connectivity index (χ3v) is 5.95. The van der Waals surface area contributed by atoms with E-state index in [4.69, 9.17) is 4.74 Å². The summed E-state index contributed by atoms with van der Waals surface area (Å²) in [6.45, 7) is 7.76. The van der Waals surface area contributed by atoms with Gasteiger partial charge in [0.1, 0.15) is 11.4 Å². The molecule has 0 aliphatic carbocycles. The minimum absolute atomic E-state index is 0.165. The Hall–Kier alpha value is -2.80. The summed E-state index contributed by atoms with van der Waals surface area (Å²) in [6, 6.07) is 14.0. The number of rotatable bonds is 6. The second kappa shape index (κ2) is 7.91. The second-order valence-electron chi connectivity index (χ2n) is 7.76. The van der Waals surface area contributed by atoms with Crippen molar-refractivity contribution >= 4 is 21.6 Å². The molecule has 7 heteroatoms. The Bertz CT molecular complexity index is 1010. The highest BCUT2D eigenvalue weighted by Crippen LogP contribution is 2.39. The van der Waals surface area contributed by atoms with Crippen molar-refractivity contribution in [2.45, 2.75) is 31.9 Å². The number of benzene rings is 2. The van der Waals surface area contributed by atoms with Crippen molar-refractivity contribution in [2.75, 3.05) is 17.1 Å². The Balaban J connectivity index is 1.80. The molecule has 0 radical (unpaired) electrons. The van der Waals surface area contributed by atoms with E-state index in [9.17, 15) is 13.2 Å². The Morgan fingerprint density at radius 2 is 1.90 bits per heavy atom. The first-order chi connectivity index (χ1) is 13.6. The quantitative estimate of drug-likeness (QED) is 0.732. The summed E-state index contributed by atoms with van der Waals surface area (Å²) in [5.41, 5.74) is 1.51. The van der Waals surface area contributed by atoms with Crippen LogP contribution in [0.3, 0.4) is 0 Å². The lowest BCUT2D eigenvalue weighted by Gasteiger charge is -2.37. The molecule has 29 heavy (non-hydrogen) atoms. The van der Waals surface area contributed by atoms with Crippen LogP contribution in [0.1, 0.15) is 42.2 Å². The zero-order valence-corrected chi connectivity index (χ0v) is 17.7. The van der Waals surface area contributed by atoms with Gasteiger partial charge in [-0.25, -0.2) is 8.42 Å². The molecule has 154 valence electrons. The smallest absolute Gasteiger partial charge is 0.251 e. The van der Waals surface area contributed by atoms with Crippen molar-refractivity contribution in [1.29, 1.82) is 0 Å². The number of ether oxygens (including phenoxy) is 1. The van der Waals surface area contributed by atoms with Gasteiger partial charge in [-0.15, -0.1) is 6.58 Å². The molecule has 1 atom stereocenters. The summed E-state index contributed by atoms with van der Waals surface area (Å²) in [6.07, 6.45) is 3.31. The van der Waals surface area contributed by atoms with Crippen molar-refractivity contribution in [3.63, 3.8) is 0 Å². The fourth-order valence-electron chi connectivity index (χ4n) is 3.50. The average molecular weight is 415 g/mol. The van der Waals surface area contributed by atoms with Crippen LogP contribution >= 0.6 is 0 Å². The van der Waals surface area contributed by atoms with Crippen LogP contribution in [0.4, 0.5) is 5.69 Å². The molecule has 1 N–H and O–H groups in total. The molecule has 0 saturated heterocycles. The van der Waals surface area contributed by atoms with E-state index >= 15 is 0 Å². The SMILES string of the molecule is C=CCN(c1ccc(C(=O)N[C@@H]2CC(C)(C)Oc3ccccc32)cc1)S(C)(=O)=O. The van der Waals surface area contributed by atoms with Gasteiger partial charge in [0, 0.05) is 17.5 Å². The van der Waals surface area contributed by atoms with Crippen LogP contribution in [0.25, 0.3) is 0 Å². The largest absolute Gasteiger partial charge is 0.487 e. The number of carbonyl (C=O) groups is 1. The van der Waals surface area contributed by atoms with Gasteiger partial charge < -0.3 is 10.1 Å². The second-order valence-corrected chi connectivity index (χ2v) is 9.67. The summed E-state index contributed by atoms with van der Waals surface area (Å²) >= 11 is 0. The van der Waals surface area contributed by atoms with Gasteiger partial charge in [-0.3, -0.25) is 9.10 Å². The predicted octanol–water partition coefficient (Wildman–Crippen LogP) is 3.67. The van der Waals surface area contributed by atoms with E-state index in [1.807, 2.05) is 38.1 Å². The normalized spacial score (nSPS) is 17.6. The summed E-state index contributed by atoms with van der Waals surface area (Å²) in [5, 5.41) is 3.08. The van der Waals surface area contributed by atoms with Gasteiger partial charge in [0.25, 0.3) is 5.91 Å². The summed E-state index contributed by atoms with van der Waals surface area (Å²) in [5.74, 6) is 0.557. The van der Waals surface area contributed by atoms with Crippen molar-refractivity contribution < 1.29 is 17.9 Å². The number of sulfonamides is 1. The molecule has 2 aromatic rings. The van der Waals surface area contributed by atoms with Crippen molar-refractivity contribution in [3.05, 3.63) is 72.3 Å². The molecular formula is C22H26N2O4S. The number of para-hydroxylation sites is 1. The maximum atomic E-state index is 12.8. The lowest BCUT2D eigenvalue weighted by atomic mass is 9.89. The molecule has 1 amide bonds. The maximum Gasteiger partial charge on any atom is 0.251 e. The molecule has 6 nitrogen and oxygen atoms in total. The van der Waals surface area contributed by atoms with Gasteiger partial charge >= 0.3 is 0 Å². The highest BCUT2D eigenvalue weighted by molar-refractivity contribution is 7.92. The number of hydrogen-bond acceptors (Lipinski definition) is 4. The van der Waals surface area contributed by atoms with E-state index in [0.717, 1.165) is 17.6 Å².